The van der Waals surface area contributed by atoms with Gasteiger partial charge in [-0.3, -0.25) is 0 Å². The molecule has 2 aromatic rings. The molecule has 0 radical (unpaired) electrons. The molecule has 0 nitrogen and oxygen atoms in total. The van der Waals surface area contributed by atoms with Crippen molar-refractivity contribution < 1.29 is 0 Å². The molecule has 72 valence electrons. The van der Waals surface area contributed by atoms with E-state index < -0.39 is 0 Å². The maximum Gasteiger partial charge on any atom is -0.0181 e. The van der Waals surface area contributed by atoms with Gasteiger partial charge < -0.3 is 0 Å². The van der Waals surface area contributed by atoms with E-state index in [1.165, 1.54) is 22.8 Å². The zero-order valence-corrected chi connectivity index (χ0v) is 8.83. The van der Waals surface area contributed by atoms with Crippen LogP contribution in [0.15, 0.2) is 42.5 Å². The Bertz CT molecular complexity index is 427. The van der Waals surface area contributed by atoms with Crippen molar-refractivity contribution in [3.8, 4) is 0 Å². The van der Waals surface area contributed by atoms with Crippen LogP contribution in [0, 0.1) is 5.92 Å². The predicted octanol–water partition coefficient (Wildman–Crippen LogP) is 4.04. The molecule has 2 rings (SSSR count). The highest BCUT2D eigenvalue weighted by atomic mass is 14.0. The first-order valence-corrected chi connectivity index (χ1v) is 5.23. The number of hydrogen-bond donors (Lipinski definition) is 0. The second-order valence-corrected chi connectivity index (χ2v) is 4.28. The third-order valence-electron chi connectivity index (χ3n) is 2.46. The highest BCUT2D eigenvalue weighted by molar-refractivity contribution is 5.82. The molecular formula is C14H16. The summed E-state index contributed by atoms with van der Waals surface area (Å²) >= 11 is 0. The summed E-state index contributed by atoms with van der Waals surface area (Å²) in [5, 5.41) is 2.69. The molecule has 0 unspecified atom stereocenters. The smallest absolute Gasteiger partial charge is 0.0181 e. The summed E-state index contributed by atoms with van der Waals surface area (Å²) in [5.41, 5.74) is 1.44. The van der Waals surface area contributed by atoms with Gasteiger partial charge in [-0.2, -0.15) is 0 Å². The van der Waals surface area contributed by atoms with Gasteiger partial charge in [-0.05, 0) is 28.7 Å². The van der Waals surface area contributed by atoms with Crippen LogP contribution in [0.4, 0.5) is 0 Å². The SMILES string of the molecule is CC(C)Cc1ccc2ccccc2c1. The van der Waals surface area contributed by atoms with Gasteiger partial charge in [0.25, 0.3) is 0 Å². The second-order valence-electron chi connectivity index (χ2n) is 4.28. The Kier molecular flexibility index (Phi) is 2.53. The molecule has 0 fully saturated rings. The van der Waals surface area contributed by atoms with E-state index in [1.807, 2.05) is 0 Å². The number of benzene rings is 2. The van der Waals surface area contributed by atoms with E-state index in [1.54, 1.807) is 0 Å². The van der Waals surface area contributed by atoms with Crippen molar-refractivity contribution in [3.63, 3.8) is 0 Å². The molecule has 0 atom stereocenters. The van der Waals surface area contributed by atoms with E-state index >= 15 is 0 Å². The van der Waals surface area contributed by atoms with Gasteiger partial charge in [0.2, 0.25) is 0 Å². The molecule has 0 bridgehead atoms. The molecular weight excluding hydrogens is 168 g/mol. The summed E-state index contributed by atoms with van der Waals surface area (Å²) in [7, 11) is 0. The van der Waals surface area contributed by atoms with Crippen LogP contribution >= 0.6 is 0 Å². The summed E-state index contributed by atoms with van der Waals surface area (Å²) in [4.78, 5) is 0. The van der Waals surface area contributed by atoms with Crippen LogP contribution in [0.5, 0.6) is 0 Å². The van der Waals surface area contributed by atoms with Crippen LogP contribution in [0.1, 0.15) is 19.4 Å². The molecule has 0 aliphatic heterocycles. The van der Waals surface area contributed by atoms with Crippen molar-refractivity contribution in [1.29, 1.82) is 0 Å². The van der Waals surface area contributed by atoms with Crippen molar-refractivity contribution in [3.05, 3.63) is 48.0 Å². The van der Waals surface area contributed by atoms with Gasteiger partial charge in [0, 0.05) is 0 Å². The van der Waals surface area contributed by atoms with Gasteiger partial charge in [0.05, 0.1) is 0 Å². The van der Waals surface area contributed by atoms with Crippen LogP contribution in [0.2, 0.25) is 0 Å². The number of fused-ring (bicyclic) bond motifs is 1. The minimum Gasteiger partial charge on any atom is -0.0625 e. The normalized spacial score (nSPS) is 11.1. The van der Waals surface area contributed by atoms with Gasteiger partial charge in [-0.25, -0.2) is 0 Å². The molecule has 0 spiro atoms. The van der Waals surface area contributed by atoms with Crippen molar-refractivity contribution in [1.82, 2.24) is 0 Å². The Morgan fingerprint density at radius 1 is 0.929 bits per heavy atom. The first-order chi connectivity index (χ1) is 6.75. The van der Waals surface area contributed by atoms with Gasteiger partial charge in [0.1, 0.15) is 0 Å². The molecule has 0 heteroatoms. The molecule has 0 saturated heterocycles. The van der Waals surface area contributed by atoms with Crippen molar-refractivity contribution in [2.75, 3.05) is 0 Å². The summed E-state index contributed by atoms with van der Waals surface area (Å²) in [6.07, 6.45) is 1.17. The molecule has 0 aliphatic rings. The van der Waals surface area contributed by atoms with E-state index in [-0.39, 0.29) is 0 Å². The summed E-state index contributed by atoms with van der Waals surface area (Å²) < 4.78 is 0. The summed E-state index contributed by atoms with van der Waals surface area (Å²) in [5.74, 6) is 0.733. The largest absolute Gasteiger partial charge is 0.0625 e. The Morgan fingerprint density at radius 2 is 1.64 bits per heavy atom. The Balaban J connectivity index is 2.41. The molecule has 0 N–H and O–H groups in total. The molecule has 14 heavy (non-hydrogen) atoms. The predicted molar refractivity (Wildman–Crippen MR) is 62.5 cm³/mol. The molecule has 0 aliphatic carbocycles. The number of hydrogen-bond acceptors (Lipinski definition) is 0. The van der Waals surface area contributed by atoms with Gasteiger partial charge in [-0.15, -0.1) is 0 Å². The lowest BCUT2D eigenvalue weighted by molar-refractivity contribution is 0.648. The lowest BCUT2D eigenvalue weighted by Crippen LogP contribution is -1.93. The average Bonchev–Trinajstić information content (AvgIpc) is 2.17. The third kappa shape index (κ3) is 1.95. The maximum atomic E-state index is 2.30. The standard InChI is InChI=1S/C14H16/c1-11(2)9-12-7-8-13-5-3-4-6-14(13)10-12/h3-8,10-11H,9H2,1-2H3. The lowest BCUT2D eigenvalue weighted by atomic mass is 10.00. The van der Waals surface area contributed by atoms with E-state index in [2.05, 4.69) is 56.3 Å². The molecule has 0 amide bonds. The monoisotopic (exact) mass is 184 g/mol. The van der Waals surface area contributed by atoms with Crippen molar-refractivity contribution in [2.45, 2.75) is 20.3 Å². The highest BCUT2D eigenvalue weighted by Crippen LogP contribution is 2.17. The van der Waals surface area contributed by atoms with Crippen molar-refractivity contribution in [2.24, 2.45) is 5.92 Å². The Hall–Kier alpha value is -1.30. The molecule has 0 saturated carbocycles. The third-order valence-corrected chi connectivity index (χ3v) is 2.46. The van der Waals surface area contributed by atoms with Gasteiger partial charge in [-0.1, -0.05) is 56.3 Å². The Morgan fingerprint density at radius 3 is 2.36 bits per heavy atom. The van der Waals surface area contributed by atoms with Crippen LogP contribution in [-0.4, -0.2) is 0 Å². The fourth-order valence-electron chi connectivity index (χ4n) is 1.84. The number of rotatable bonds is 2. The van der Waals surface area contributed by atoms with Crippen LogP contribution in [0.3, 0.4) is 0 Å². The van der Waals surface area contributed by atoms with E-state index in [9.17, 15) is 0 Å². The first kappa shape index (κ1) is 9.26. The highest BCUT2D eigenvalue weighted by Gasteiger charge is 1.98. The van der Waals surface area contributed by atoms with E-state index in [0.29, 0.717) is 0 Å². The zero-order chi connectivity index (χ0) is 9.97. The topological polar surface area (TPSA) is 0 Å². The first-order valence-electron chi connectivity index (χ1n) is 5.23. The summed E-state index contributed by atoms with van der Waals surface area (Å²) in [6.45, 7) is 4.52. The average molecular weight is 184 g/mol. The fourth-order valence-corrected chi connectivity index (χ4v) is 1.84. The summed E-state index contributed by atoms with van der Waals surface area (Å²) in [6, 6.07) is 15.3. The minimum absolute atomic E-state index is 0.733. The fraction of sp³-hybridized carbons (Fsp3) is 0.286. The van der Waals surface area contributed by atoms with Gasteiger partial charge in [0.15, 0.2) is 0 Å². The molecule has 0 aromatic heterocycles. The second kappa shape index (κ2) is 3.83. The van der Waals surface area contributed by atoms with Gasteiger partial charge >= 0.3 is 0 Å². The molecule has 2 aromatic carbocycles. The zero-order valence-electron chi connectivity index (χ0n) is 8.83. The van der Waals surface area contributed by atoms with E-state index in [0.717, 1.165) is 5.92 Å². The van der Waals surface area contributed by atoms with Crippen LogP contribution in [0.25, 0.3) is 10.8 Å². The van der Waals surface area contributed by atoms with Crippen molar-refractivity contribution >= 4 is 10.8 Å². The Labute approximate surface area is 85.6 Å². The lowest BCUT2D eigenvalue weighted by Gasteiger charge is -2.06. The van der Waals surface area contributed by atoms with Crippen LogP contribution < -0.4 is 0 Å². The minimum atomic E-state index is 0.733. The van der Waals surface area contributed by atoms with E-state index in [4.69, 9.17) is 0 Å². The van der Waals surface area contributed by atoms with Crippen LogP contribution in [-0.2, 0) is 6.42 Å². The quantitative estimate of drug-likeness (QED) is 0.660. The maximum absolute atomic E-state index is 2.30. The molecule has 0 heterocycles.